The van der Waals surface area contributed by atoms with E-state index in [1.807, 2.05) is 0 Å². The summed E-state index contributed by atoms with van der Waals surface area (Å²) in [6.07, 6.45) is 0. The van der Waals surface area contributed by atoms with Gasteiger partial charge in [-0.05, 0) is 45.0 Å². The molecule has 0 N–H and O–H groups in total. The fourth-order valence-corrected chi connectivity index (χ4v) is 2.08. The van der Waals surface area contributed by atoms with Crippen molar-refractivity contribution in [2.45, 2.75) is 31.3 Å². The molecule has 0 radical (unpaired) electrons. The van der Waals surface area contributed by atoms with E-state index in [0.717, 1.165) is 0 Å². The lowest BCUT2D eigenvalue weighted by atomic mass is 10.1. The summed E-state index contributed by atoms with van der Waals surface area (Å²) in [6, 6.07) is 5.46. The highest BCUT2D eigenvalue weighted by Crippen LogP contribution is 2.23. The monoisotopic (exact) mass is 306 g/mol. The summed E-state index contributed by atoms with van der Waals surface area (Å²) in [5, 5.41) is 0. The molecule has 0 aliphatic rings. The van der Waals surface area contributed by atoms with E-state index < -0.39 is 20.6 Å². The normalized spacial score (nSPS) is 12.0. The first-order chi connectivity index (χ1) is 8.66. The van der Waals surface area contributed by atoms with E-state index >= 15 is 0 Å². The summed E-state index contributed by atoms with van der Waals surface area (Å²) in [5.41, 5.74) is -1.16. The number of rotatable bonds is 5. The first-order valence-electron chi connectivity index (χ1n) is 5.58. The summed E-state index contributed by atoms with van der Waals surface area (Å²) in [4.78, 5) is 11.6. The van der Waals surface area contributed by atoms with E-state index in [1.54, 1.807) is 20.8 Å². The lowest BCUT2D eigenvalue weighted by Gasteiger charge is -2.24. The molecule has 0 amide bonds. The van der Waals surface area contributed by atoms with Crippen LogP contribution in [-0.2, 0) is 18.6 Å². The third-order valence-corrected chi connectivity index (χ3v) is 3.62. The van der Waals surface area contributed by atoms with Crippen LogP contribution in [0.5, 0.6) is 5.75 Å². The van der Waals surface area contributed by atoms with E-state index in [0.29, 0.717) is 5.75 Å². The van der Waals surface area contributed by atoms with E-state index in [2.05, 4.69) is 0 Å². The third kappa shape index (κ3) is 4.40. The van der Waals surface area contributed by atoms with E-state index in [4.69, 9.17) is 20.2 Å². The van der Waals surface area contributed by atoms with Crippen molar-refractivity contribution in [3.63, 3.8) is 0 Å². The topological polar surface area (TPSA) is 69.7 Å². The van der Waals surface area contributed by atoms with Gasteiger partial charge in [0.15, 0.2) is 5.60 Å². The Balaban J connectivity index is 2.86. The molecule has 0 saturated heterocycles. The zero-order valence-electron chi connectivity index (χ0n) is 10.8. The quantitative estimate of drug-likeness (QED) is 0.617. The SMILES string of the molecule is CCOC(=O)C(C)(C)Oc1ccc(S(=O)(=O)Cl)cc1. The first-order valence-corrected chi connectivity index (χ1v) is 7.88. The Labute approximate surface area is 116 Å². The van der Waals surface area contributed by atoms with Gasteiger partial charge >= 0.3 is 5.97 Å². The average molecular weight is 307 g/mol. The van der Waals surface area contributed by atoms with Crippen LogP contribution in [0.2, 0.25) is 0 Å². The second-order valence-corrected chi connectivity index (χ2v) is 6.81. The lowest BCUT2D eigenvalue weighted by molar-refractivity contribution is -0.158. The maximum atomic E-state index is 11.6. The molecule has 0 unspecified atom stereocenters. The molecule has 19 heavy (non-hydrogen) atoms. The summed E-state index contributed by atoms with van der Waals surface area (Å²) >= 11 is 0. The van der Waals surface area contributed by atoms with Crippen LogP contribution in [-0.4, -0.2) is 26.6 Å². The van der Waals surface area contributed by atoms with Gasteiger partial charge in [0.1, 0.15) is 5.75 Å². The van der Waals surface area contributed by atoms with Gasteiger partial charge in [0.2, 0.25) is 0 Å². The van der Waals surface area contributed by atoms with Gasteiger partial charge in [0, 0.05) is 10.7 Å². The minimum Gasteiger partial charge on any atom is -0.476 e. The van der Waals surface area contributed by atoms with Crippen molar-refractivity contribution >= 4 is 25.7 Å². The highest BCUT2D eigenvalue weighted by atomic mass is 35.7. The highest BCUT2D eigenvalue weighted by Gasteiger charge is 2.31. The van der Waals surface area contributed by atoms with Crippen LogP contribution in [0.1, 0.15) is 20.8 Å². The van der Waals surface area contributed by atoms with Gasteiger partial charge in [0.25, 0.3) is 9.05 Å². The zero-order valence-corrected chi connectivity index (χ0v) is 12.4. The number of ether oxygens (including phenoxy) is 2. The van der Waals surface area contributed by atoms with Crippen molar-refractivity contribution in [2.75, 3.05) is 6.61 Å². The Morgan fingerprint density at radius 1 is 1.26 bits per heavy atom. The van der Waals surface area contributed by atoms with Crippen LogP contribution in [0.15, 0.2) is 29.2 Å². The second kappa shape index (κ2) is 5.79. The molecule has 0 heterocycles. The summed E-state index contributed by atoms with van der Waals surface area (Å²) in [7, 11) is 1.43. The van der Waals surface area contributed by atoms with Crippen molar-refractivity contribution in [3.8, 4) is 5.75 Å². The number of carbonyl (C=O) groups is 1. The molecule has 0 spiro atoms. The Morgan fingerprint density at radius 2 is 1.79 bits per heavy atom. The molecule has 106 valence electrons. The van der Waals surface area contributed by atoms with E-state index in [-0.39, 0.29) is 11.5 Å². The predicted octanol–water partition coefficient (Wildman–Crippen LogP) is 2.33. The van der Waals surface area contributed by atoms with Gasteiger partial charge in [0.05, 0.1) is 11.5 Å². The number of esters is 1. The first kappa shape index (κ1) is 15.8. The van der Waals surface area contributed by atoms with Crippen molar-refractivity contribution < 1.29 is 22.7 Å². The molecular weight excluding hydrogens is 292 g/mol. The molecule has 7 heteroatoms. The number of carbonyl (C=O) groups excluding carboxylic acids is 1. The molecule has 0 aliphatic heterocycles. The minimum absolute atomic E-state index is 0.0320. The van der Waals surface area contributed by atoms with Crippen LogP contribution in [0.25, 0.3) is 0 Å². The van der Waals surface area contributed by atoms with E-state index in [1.165, 1.54) is 24.3 Å². The molecule has 0 aliphatic carbocycles. The van der Waals surface area contributed by atoms with Gasteiger partial charge in [-0.15, -0.1) is 0 Å². The van der Waals surface area contributed by atoms with Crippen LogP contribution < -0.4 is 4.74 Å². The van der Waals surface area contributed by atoms with Gasteiger partial charge < -0.3 is 9.47 Å². The maximum Gasteiger partial charge on any atom is 0.349 e. The van der Waals surface area contributed by atoms with Crippen molar-refractivity contribution in [1.82, 2.24) is 0 Å². The summed E-state index contributed by atoms with van der Waals surface area (Å²) in [5.74, 6) is -0.147. The molecule has 0 aromatic heterocycles. The van der Waals surface area contributed by atoms with Crippen LogP contribution in [0.3, 0.4) is 0 Å². The van der Waals surface area contributed by atoms with Crippen molar-refractivity contribution in [3.05, 3.63) is 24.3 Å². The van der Waals surface area contributed by atoms with E-state index in [9.17, 15) is 13.2 Å². The number of halogens is 1. The molecule has 0 saturated carbocycles. The summed E-state index contributed by atoms with van der Waals surface area (Å²) in [6.45, 7) is 5.09. The van der Waals surface area contributed by atoms with Crippen LogP contribution in [0, 0.1) is 0 Å². The number of benzene rings is 1. The zero-order chi connectivity index (χ0) is 14.7. The van der Waals surface area contributed by atoms with Gasteiger partial charge in [-0.1, -0.05) is 0 Å². The molecule has 0 bridgehead atoms. The van der Waals surface area contributed by atoms with Crippen molar-refractivity contribution in [2.24, 2.45) is 0 Å². The second-order valence-electron chi connectivity index (χ2n) is 4.24. The van der Waals surface area contributed by atoms with Gasteiger partial charge in [-0.25, -0.2) is 13.2 Å². The Bertz CT molecular complexity index is 548. The largest absolute Gasteiger partial charge is 0.476 e. The third-order valence-electron chi connectivity index (χ3n) is 2.25. The molecule has 0 atom stereocenters. The fraction of sp³-hybridized carbons (Fsp3) is 0.417. The molecule has 1 aromatic rings. The molecule has 5 nitrogen and oxygen atoms in total. The Kier molecular flexibility index (Phi) is 4.81. The smallest absolute Gasteiger partial charge is 0.349 e. The standard InChI is InChI=1S/C12H15ClO5S/c1-4-17-11(14)12(2,3)18-9-5-7-10(8-6-9)19(13,15)16/h5-8H,4H2,1-3H3. The lowest BCUT2D eigenvalue weighted by Crippen LogP contribution is -2.39. The number of hydrogen-bond donors (Lipinski definition) is 0. The van der Waals surface area contributed by atoms with Crippen molar-refractivity contribution in [1.29, 1.82) is 0 Å². The molecule has 1 aromatic carbocycles. The molecule has 1 rings (SSSR count). The minimum atomic E-state index is -3.76. The fourth-order valence-electron chi connectivity index (χ4n) is 1.31. The van der Waals surface area contributed by atoms with Crippen LogP contribution >= 0.6 is 10.7 Å². The maximum absolute atomic E-state index is 11.6. The van der Waals surface area contributed by atoms with Crippen LogP contribution in [0.4, 0.5) is 0 Å². The van der Waals surface area contributed by atoms with Gasteiger partial charge in [-0.2, -0.15) is 0 Å². The number of hydrogen-bond acceptors (Lipinski definition) is 5. The molecule has 0 fully saturated rings. The average Bonchev–Trinajstić information content (AvgIpc) is 2.28. The Morgan fingerprint density at radius 3 is 2.21 bits per heavy atom. The van der Waals surface area contributed by atoms with Gasteiger partial charge in [-0.3, -0.25) is 0 Å². The molecular formula is C12H15ClO5S. The highest BCUT2D eigenvalue weighted by molar-refractivity contribution is 8.13. The predicted molar refractivity (Wildman–Crippen MR) is 70.8 cm³/mol. The Hall–Kier alpha value is -1.27. The summed E-state index contributed by atoms with van der Waals surface area (Å²) < 4.78 is 32.5.